The maximum atomic E-state index is 9.12. The summed E-state index contributed by atoms with van der Waals surface area (Å²) in [7, 11) is 0. The number of hydrogen-bond acceptors (Lipinski definition) is 1. The molecule has 1 fully saturated rings. The van der Waals surface area contributed by atoms with Crippen molar-refractivity contribution in [3.05, 3.63) is 34.3 Å². The molecule has 14 heavy (non-hydrogen) atoms. The Labute approximate surface area is 92.9 Å². The normalized spacial score (nSPS) is 18.3. The van der Waals surface area contributed by atoms with Crippen molar-refractivity contribution in [2.75, 3.05) is 0 Å². The zero-order valence-corrected chi connectivity index (χ0v) is 9.50. The summed E-state index contributed by atoms with van der Waals surface area (Å²) in [4.78, 5) is 0. The monoisotopic (exact) mass is 249 g/mol. The summed E-state index contributed by atoms with van der Waals surface area (Å²) >= 11 is 3.40. The van der Waals surface area contributed by atoms with Gasteiger partial charge in [-0.3, -0.25) is 0 Å². The zero-order chi connectivity index (χ0) is 9.97. The van der Waals surface area contributed by atoms with Crippen molar-refractivity contribution in [1.82, 2.24) is 0 Å². The molecular weight excluding hydrogens is 238 g/mol. The molecule has 2 heteroatoms. The summed E-state index contributed by atoms with van der Waals surface area (Å²) in [6.07, 6.45) is 3.72. The molecule has 0 aromatic heterocycles. The topological polar surface area (TPSA) is 23.8 Å². The molecule has 0 heterocycles. The number of halogens is 1. The highest BCUT2D eigenvalue weighted by Gasteiger charge is 2.28. The van der Waals surface area contributed by atoms with E-state index in [9.17, 15) is 0 Å². The lowest BCUT2D eigenvalue weighted by Crippen LogP contribution is -2.19. The molecule has 0 aliphatic heterocycles. The molecule has 2 rings (SSSR count). The van der Waals surface area contributed by atoms with Crippen LogP contribution in [0.4, 0.5) is 0 Å². The van der Waals surface area contributed by atoms with Crippen molar-refractivity contribution in [3.8, 4) is 6.07 Å². The average Bonchev–Trinajstić information content (AvgIpc) is 2.13. The first-order chi connectivity index (χ1) is 6.81. The van der Waals surface area contributed by atoms with Crippen LogP contribution in [0.25, 0.3) is 0 Å². The van der Waals surface area contributed by atoms with Gasteiger partial charge >= 0.3 is 0 Å². The third-order valence-corrected chi connectivity index (χ3v) is 3.52. The molecule has 1 aromatic rings. The van der Waals surface area contributed by atoms with E-state index in [-0.39, 0.29) is 5.92 Å². The summed E-state index contributed by atoms with van der Waals surface area (Å²) in [5.74, 6) is 0.707. The van der Waals surface area contributed by atoms with E-state index in [1.165, 1.54) is 24.8 Å². The van der Waals surface area contributed by atoms with Crippen LogP contribution in [0.1, 0.15) is 30.7 Å². The number of hydrogen-bond donors (Lipinski definition) is 0. The minimum absolute atomic E-state index is 0.108. The molecule has 1 nitrogen and oxygen atoms in total. The molecule has 1 saturated carbocycles. The summed E-state index contributed by atoms with van der Waals surface area (Å²) in [5.41, 5.74) is 1.17. The van der Waals surface area contributed by atoms with Gasteiger partial charge in [-0.1, -0.05) is 34.5 Å². The van der Waals surface area contributed by atoms with Crippen LogP contribution in [-0.4, -0.2) is 0 Å². The fraction of sp³-hybridized carbons (Fsp3) is 0.417. The van der Waals surface area contributed by atoms with Crippen LogP contribution in [0.5, 0.6) is 0 Å². The van der Waals surface area contributed by atoms with Crippen molar-refractivity contribution >= 4 is 15.9 Å². The zero-order valence-electron chi connectivity index (χ0n) is 7.91. The molecule has 0 amide bonds. The summed E-state index contributed by atoms with van der Waals surface area (Å²) in [5, 5.41) is 9.12. The van der Waals surface area contributed by atoms with Gasteiger partial charge in [-0.05, 0) is 36.5 Å². The Morgan fingerprint density at radius 2 is 1.93 bits per heavy atom. The standard InChI is InChI=1S/C12H12BrN/c13-11-6-4-10(5-7-11)12(8-14)9-2-1-3-9/h4-7,9,12H,1-3H2. The van der Waals surface area contributed by atoms with Gasteiger partial charge in [-0.25, -0.2) is 0 Å². The van der Waals surface area contributed by atoms with Gasteiger partial charge in [-0.15, -0.1) is 0 Å². The Kier molecular flexibility index (Phi) is 2.88. The van der Waals surface area contributed by atoms with E-state index in [4.69, 9.17) is 5.26 Å². The highest BCUT2D eigenvalue weighted by molar-refractivity contribution is 9.10. The van der Waals surface area contributed by atoms with E-state index < -0.39 is 0 Å². The van der Waals surface area contributed by atoms with Crippen LogP contribution < -0.4 is 0 Å². The largest absolute Gasteiger partial charge is 0.198 e. The molecule has 1 aliphatic rings. The van der Waals surface area contributed by atoms with Gasteiger partial charge in [0, 0.05) is 4.47 Å². The smallest absolute Gasteiger partial charge is 0.0740 e. The fourth-order valence-electron chi connectivity index (χ4n) is 1.90. The predicted octanol–water partition coefficient (Wildman–Crippen LogP) is 3.86. The van der Waals surface area contributed by atoms with Crippen molar-refractivity contribution in [3.63, 3.8) is 0 Å². The Morgan fingerprint density at radius 3 is 2.36 bits per heavy atom. The van der Waals surface area contributed by atoms with Crippen LogP contribution in [0.3, 0.4) is 0 Å². The summed E-state index contributed by atoms with van der Waals surface area (Å²) < 4.78 is 1.08. The number of nitriles is 1. The molecule has 1 unspecified atom stereocenters. The lowest BCUT2D eigenvalue weighted by molar-refractivity contribution is 0.292. The highest BCUT2D eigenvalue weighted by Crippen LogP contribution is 2.38. The quantitative estimate of drug-likeness (QED) is 0.781. The van der Waals surface area contributed by atoms with E-state index in [0.29, 0.717) is 5.92 Å². The molecule has 1 aliphatic carbocycles. The highest BCUT2D eigenvalue weighted by atomic mass is 79.9. The van der Waals surface area contributed by atoms with Crippen molar-refractivity contribution in [2.45, 2.75) is 25.2 Å². The number of rotatable bonds is 2. The first-order valence-corrected chi connectivity index (χ1v) is 5.75. The molecule has 1 atom stereocenters. The average molecular weight is 250 g/mol. The Balaban J connectivity index is 2.19. The van der Waals surface area contributed by atoms with E-state index in [1.54, 1.807) is 0 Å². The summed E-state index contributed by atoms with van der Waals surface area (Å²) in [6.45, 7) is 0. The molecule has 0 bridgehead atoms. The van der Waals surface area contributed by atoms with Crippen LogP contribution in [0.2, 0.25) is 0 Å². The second kappa shape index (κ2) is 4.14. The lowest BCUT2D eigenvalue weighted by Gasteiger charge is -2.29. The van der Waals surface area contributed by atoms with Crippen molar-refractivity contribution in [2.24, 2.45) is 5.92 Å². The van der Waals surface area contributed by atoms with Gasteiger partial charge in [0.05, 0.1) is 12.0 Å². The first kappa shape index (κ1) is 9.73. The van der Waals surface area contributed by atoms with Gasteiger partial charge in [0.1, 0.15) is 0 Å². The van der Waals surface area contributed by atoms with Gasteiger partial charge in [0.2, 0.25) is 0 Å². The van der Waals surface area contributed by atoms with E-state index in [1.807, 2.05) is 12.1 Å². The van der Waals surface area contributed by atoms with Gasteiger partial charge in [-0.2, -0.15) is 5.26 Å². The molecule has 72 valence electrons. The van der Waals surface area contributed by atoms with E-state index in [2.05, 4.69) is 34.1 Å². The van der Waals surface area contributed by atoms with Crippen molar-refractivity contribution < 1.29 is 0 Å². The molecule has 0 radical (unpaired) electrons. The van der Waals surface area contributed by atoms with Crippen LogP contribution in [-0.2, 0) is 0 Å². The third kappa shape index (κ3) is 1.83. The Hall–Kier alpha value is -0.810. The lowest BCUT2D eigenvalue weighted by atomic mass is 9.74. The Morgan fingerprint density at radius 1 is 1.29 bits per heavy atom. The van der Waals surface area contributed by atoms with Crippen LogP contribution in [0.15, 0.2) is 28.7 Å². The van der Waals surface area contributed by atoms with E-state index >= 15 is 0 Å². The molecule has 0 saturated heterocycles. The SMILES string of the molecule is N#CC(c1ccc(Br)cc1)C1CCC1. The molecular formula is C12H12BrN. The first-order valence-electron chi connectivity index (χ1n) is 4.96. The van der Waals surface area contributed by atoms with Crippen LogP contribution in [0, 0.1) is 17.2 Å². The Bertz CT molecular complexity index is 346. The van der Waals surface area contributed by atoms with Gasteiger partial charge < -0.3 is 0 Å². The van der Waals surface area contributed by atoms with Crippen molar-refractivity contribution in [1.29, 1.82) is 5.26 Å². The minimum Gasteiger partial charge on any atom is -0.198 e. The second-order valence-corrected chi connectivity index (χ2v) is 4.76. The predicted molar refractivity (Wildman–Crippen MR) is 59.8 cm³/mol. The molecule has 1 aromatic carbocycles. The maximum absolute atomic E-state index is 9.12. The third-order valence-electron chi connectivity index (χ3n) is 2.99. The minimum atomic E-state index is 0.108. The van der Waals surface area contributed by atoms with Gasteiger partial charge in [0.25, 0.3) is 0 Å². The second-order valence-electron chi connectivity index (χ2n) is 3.85. The number of nitrogens with zero attached hydrogens (tertiary/aromatic N) is 1. The van der Waals surface area contributed by atoms with Gasteiger partial charge in [0.15, 0.2) is 0 Å². The summed E-state index contributed by atoms with van der Waals surface area (Å²) in [6, 6.07) is 10.6. The van der Waals surface area contributed by atoms with Crippen LogP contribution >= 0.6 is 15.9 Å². The van der Waals surface area contributed by atoms with E-state index in [0.717, 1.165) is 4.47 Å². The number of benzene rings is 1. The molecule has 0 N–H and O–H groups in total. The molecule has 0 spiro atoms. The fourth-order valence-corrected chi connectivity index (χ4v) is 2.16. The maximum Gasteiger partial charge on any atom is 0.0740 e.